The monoisotopic (exact) mass is 433 g/mol. The molecule has 0 radical (unpaired) electrons. The van der Waals surface area contributed by atoms with Crippen LogP contribution in [0.25, 0.3) is 10.7 Å². The van der Waals surface area contributed by atoms with E-state index in [9.17, 15) is 14.7 Å². The molecule has 0 aliphatic heterocycles. The summed E-state index contributed by atoms with van der Waals surface area (Å²) < 4.78 is 6.00. The van der Waals surface area contributed by atoms with Gasteiger partial charge in [-0.25, -0.2) is 0 Å². The smallest absolute Gasteiger partial charge is 0.475 e. The van der Waals surface area contributed by atoms with E-state index in [0.29, 0.717) is 12.2 Å². The summed E-state index contributed by atoms with van der Waals surface area (Å²) in [6.07, 6.45) is 1.28. The minimum absolute atomic E-state index is 0.0357. The summed E-state index contributed by atoms with van der Waals surface area (Å²) in [6, 6.07) is 18.2. The van der Waals surface area contributed by atoms with Gasteiger partial charge in [-0.15, -0.1) is 0 Å². The molecule has 0 bridgehead atoms. The van der Waals surface area contributed by atoms with Crippen molar-refractivity contribution in [3.8, 4) is 5.69 Å². The van der Waals surface area contributed by atoms with Crippen molar-refractivity contribution in [1.29, 1.82) is 5.39 Å². The second-order valence-corrected chi connectivity index (χ2v) is 6.47. The number of aliphatic hydroxyl groups is 1. The molecule has 3 N–H and O–H groups in total. The van der Waals surface area contributed by atoms with Crippen molar-refractivity contribution in [2.45, 2.75) is 13.5 Å². The molecule has 2 aromatic carbocycles. The fraction of sp³-hybridized carbons (Fsp3) is 0.136. The molecule has 0 unspecified atom stereocenters. The van der Waals surface area contributed by atoms with E-state index in [-0.39, 0.29) is 18.0 Å². The number of aliphatic hydroxyl groups excluding tert-OH is 1. The van der Waals surface area contributed by atoms with Crippen molar-refractivity contribution in [3.63, 3.8) is 0 Å². The number of diazo groups is 1. The van der Waals surface area contributed by atoms with Crippen LogP contribution in [0.3, 0.4) is 0 Å². The summed E-state index contributed by atoms with van der Waals surface area (Å²) in [5, 5.41) is 28.5. The van der Waals surface area contributed by atoms with Crippen LogP contribution in [0.5, 0.6) is 0 Å². The van der Waals surface area contributed by atoms with E-state index in [0.717, 1.165) is 5.56 Å². The van der Waals surface area contributed by atoms with Gasteiger partial charge in [0.15, 0.2) is 4.98 Å². The van der Waals surface area contributed by atoms with E-state index in [1.54, 1.807) is 31.2 Å². The molecule has 0 saturated heterocycles. The van der Waals surface area contributed by atoms with Gasteiger partial charge in [-0.1, -0.05) is 48.5 Å². The zero-order valence-corrected chi connectivity index (χ0v) is 17.2. The molecule has 0 fully saturated rings. The van der Waals surface area contributed by atoms with E-state index in [1.807, 2.05) is 36.4 Å². The van der Waals surface area contributed by atoms with Gasteiger partial charge in [0.25, 0.3) is 5.56 Å². The molecule has 1 heterocycles. The second-order valence-electron chi connectivity index (χ2n) is 6.47. The van der Waals surface area contributed by atoms with E-state index in [4.69, 9.17) is 10.1 Å². The van der Waals surface area contributed by atoms with Gasteiger partial charge in [0, 0.05) is 6.54 Å². The molecule has 10 nitrogen and oxygen atoms in total. The lowest BCUT2D eigenvalue weighted by Gasteiger charge is -2.14. The van der Waals surface area contributed by atoms with Gasteiger partial charge >= 0.3 is 17.5 Å². The number of rotatable bonds is 8. The van der Waals surface area contributed by atoms with Crippen LogP contribution in [0.15, 0.2) is 83.3 Å². The van der Waals surface area contributed by atoms with Gasteiger partial charge in [0.2, 0.25) is 5.39 Å². The number of nitrogens with one attached hydrogen (secondary N) is 2. The third kappa shape index (κ3) is 5.09. The number of hydrogen-bond acceptors (Lipinski definition) is 7. The SMILES string of the molecule is CCO/C(O)=C(/[N+]#N)C(=O)Nc1cnn(-c2ccccc2)c(=O)c1NCc1ccccc1. The Morgan fingerprint density at radius 1 is 1.16 bits per heavy atom. The highest BCUT2D eigenvalue weighted by Gasteiger charge is 2.32. The number of anilines is 2. The van der Waals surface area contributed by atoms with E-state index < -0.39 is 23.1 Å². The first-order chi connectivity index (χ1) is 15.5. The van der Waals surface area contributed by atoms with Crippen LogP contribution in [-0.2, 0) is 16.1 Å². The van der Waals surface area contributed by atoms with Crippen LogP contribution < -0.4 is 16.2 Å². The Kier molecular flexibility index (Phi) is 7.16. The van der Waals surface area contributed by atoms with Crippen LogP contribution in [-0.4, -0.2) is 27.4 Å². The predicted octanol–water partition coefficient (Wildman–Crippen LogP) is 3.40. The molecule has 1 amide bonds. The Labute approximate surface area is 183 Å². The van der Waals surface area contributed by atoms with Crippen LogP contribution in [0, 0.1) is 5.39 Å². The molecule has 3 aromatic rings. The maximum absolute atomic E-state index is 13.2. The zero-order valence-electron chi connectivity index (χ0n) is 17.2. The van der Waals surface area contributed by atoms with Gasteiger partial charge in [0.1, 0.15) is 5.69 Å². The molecule has 0 spiro atoms. The summed E-state index contributed by atoms with van der Waals surface area (Å²) >= 11 is 0. The average Bonchev–Trinajstić information content (AvgIpc) is 2.81. The van der Waals surface area contributed by atoms with Crippen LogP contribution in [0.1, 0.15) is 12.5 Å². The lowest BCUT2D eigenvalue weighted by molar-refractivity contribution is -0.113. The van der Waals surface area contributed by atoms with E-state index in [1.165, 1.54) is 10.9 Å². The van der Waals surface area contributed by atoms with Gasteiger partial charge in [-0.05, 0) is 24.6 Å². The lowest BCUT2D eigenvalue weighted by atomic mass is 10.2. The molecule has 0 saturated carbocycles. The highest BCUT2D eigenvalue weighted by Crippen LogP contribution is 2.20. The first kappa shape index (κ1) is 22.0. The maximum atomic E-state index is 13.2. The van der Waals surface area contributed by atoms with Crippen molar-refractivity contribution in [1.82, 2.24) is 9.78 Å². The number of ether oxygens (including phenoxy) is 1. The van der Waals surface area contributed by atoms with Crippen molar-refractivity contribution < 1.29 is 14.6 Å². The average molecular weight is 433 g/mol. The molecule has 162 valence electrons. The number of amides is 1. The topological polar surface area (TPSA) is 134 Å². The van der Waals surface area contributed by atoms with Crippen LogP contribution in [0.2, 0.25) is 0 Å². The highest BCUT2D eigenvalue weighted by atomic mass is 16.6. The fourth-order valence-corrected chi connectivity index (χ4v) is 2.83. The van der Waals surface area contributed by atoms with Crippen molar-refractivity contribution >= 4 is 17.3 Å². The highest BCUT2D eigenvalue weighted by molar-refractivity contribution is 6.06. The number of hydrogen-bond donors (Lipinski definition) is 3. The molecular formula is C22H21N6O4+. The van der Waals surface area contributed by atoms with Crippen molar-refractivity contribution in [2.24, 2.45) is 0 Å². The Morgan fingerprint density at radius 3 is 2.44 bits per heavy atom. The van der Waals surface area contributed by atoms with Gasteiger partial charge in [-0.3, -0.25) is 9.59 Å². The first-order valence-corrected chi connectivity index (χ1v) is 9.73. The fourth-order valence-electron chi connectivity index (χ4n) is 2.83. The summed E-state index contributed by atoms with van der Waals surface area (Å²) in [5.74, 6) is -1.84. The van der Waals surface area contributed by atoms with Gasteiger partial charge in [-0.2, -0.15) is 9.78 Å². The molecule has 0 atom stereocenters. The van der Waals surface area contributed by atoms with Crippen LogP contribution >= 0.6 is 0 Å². The molecule has 0 aliphatic carbocycles. The Bertz CT molecular complexity index is 1220. The second kappa shape index (κ2) is 10.4. The number of para-hydroxylation sites is 1. The molecule has 3 rings (SSSR count). The number of nitrogens with zero attached hydrogens (tertiary/aromatic N) is 4. The third-order valence-electron chi connectivity index (χ3n) is 4.34. The number of aromatic nitrogens is 2. The summed E-state index contributed by atoms with van der Waals surface area (Å²) in [7, 11) is 0. The number of carbonyl (C=O) groups excluding carboxylic acids is 1. The van der Waals surface area contributed by atoms with E-state index >= 15 is 0 Å². The molecule has 10 heteroatoms. The molecule has 0 aliphatic rings. The number of benzene rings is 2. The minimum atomic E-state index is -0.986. The lowest BCUT2D eigenvalue weighted by Crippen LogP contribution is -2.27. The zero-order chi connectivity index (χ0) is 22.9. The normalized spacial score (nSPS) is 11.1. The Balaban J connectivity index is 2.00. The Hall–Kier alpha value is -4.65. The minimum Gasteiger partial charge on any atom is -0.475 e. The summed E-state index contributed by atoms with van der Waals surface area (Å²) in [5.41, 5.74) is 0.298. The summed E-state index contributed by atoms with van der Waals surface area (Å²) in [4.78, 5) is 28.5. The van der Waals surface area contributed by atoms with Crippen molar-refractivity contribution in [3.05, 3.63) is 99.4 Å². The quantitative estimate of drug-likeness (QED) is 0.282. The molecule has 32 heavy (non-hydrogen) atoms. The maximum Gasteiger partial charge on any atom is 0.527 e. The standard InChI is InChI=1S/C22H20N6O4/c1-2-32-22(31)19(27-23)20(29)26-17-14-25-28(16-11-7-4-8-12-16)21(30)18(17)24-13-15-9-5-3-6-10-15/h3-12,14,23H,2,13H2,1H3,(H,29,31)/p+1. The predicted molar refractivity (Wildman–Crippen MR) is 119 cm³/mol. The Morgan fingerprint density at radius 2 is 1.81 bits per heavy atom. The largest absolute Gasteiger partial charge is 0.527 e. The van der Waals surface area contributed by atoms with Gasteiger partial charge < -0.3 is 20.5 Å². The third-order valence-corrected chi connectivity index (χ3v) is 4.34. The first-order valence-electron chi connectivity index (χ1n) is 9.73. The van der Waals surface area contributed by atoms with Crippen LogP contribution in [0.4, 0.5) is 11.4 Å². The van der Waals surface area contributed by atoms with Crippen molar-refractivity contribution in [2.75, 3.05) is 17.2 Å². The molecular weight excluding hydrogens is 412 g/mol. The molecule has 1 aromatic heterocycles. The van der Waals surface area contributed by atoms with Gasteiger partial charge in [0.05, 0.1) is 24.2 Å². The summed E-state index contributed by atoms with van der Waals surface area (Å²) in [6.45, 7) is 1.94. The van der Waals surface area contributed by atoms with E-state index in [2.05, 4.69) is 20.7 Å². The number of carbonyl (C=O) groups is 1.